The van der Waals surface area contributed by atoms with E-state index in [9.17, 15) is 14.0 Å². The van der Waals surface area contributed by atoms with Crippen molar-refractivity contribution in [3.05, 3.63) is 35.6 Å². The first kappa shape index (κ1) is 19.9. The lowest BCUT2D eigenvalue weighted by Crippen LogP contribution is -2.52. The number of urea groups is 1. The number of hydrogen-bond donors (Lipinski definition) is 3. The summed E-state index contributed by atoms with van der Waals surface area (Å²) >= 11 is 0. The maximum absolute atomic E-state index is 12.8. The summed E-state index contributed by atoms with van der Waals surface area (Å²) in [6, 6.07) is 4.68. The number of ether oxygens (including phenoxy) is 1. The van der Waals surface area contributed by atoms with Crippen LogP contribution in [0.1, 0.15) is 32.3 Å². The molecule has 3 amide bonds. The van der Waals surface area contributed by atoms with Gasteiger partial charge < -0.3 is 20.7 Å². The van der Waals surface area contributed by atoms with Crippen LogP contribution in [0.5, 0.6) is 0 Å². The molecule has 0 bridgehead atoms. The molecule has 0 saturated heterocycles. The molecule has 1 rings (SSSR count). The first-order valence-electron chi connectivity index (χ1n) is 8.04. The highest BCUT2D eigenvalue weighted by Crippen LogP contribution is 2.02. The normalized spacial score (nSPS) is 13.0. The molecule has 2 atom stereocenters. The van der Waals surface area contributed by atoms with Crippen LogP contribution in [0, 0.1) is 5.82 Å². The molecule has 0 saturated carbocycles. The Hall–Kier alpha value is -2.15. The van der Waals surface area contributed by atoms with Gasteiger partial charge in [-0.25, -0.2) is 9.18 Å². The van der Waals surface area contributed by atoms with Crippen LogP contribution in [0.15, 0.2) is 24.3 Å². The Bertz CT molecular complexity index is 522. The van der Waals surface area contributed by atoms with Crippen molar-refractivity contribution in [3.8, 4) is 0 Å². The topological polar surface area (TPSA) is 79.5 Å². The molecule has 1 aromatic rings. The van der Waals surface area contributed by atoms with Gasteiger partial charge in [0, 0.05) is 19.7 Å². The van der Waals surface area contributed by atoms with E-state index in [0.29, 0.717) is 13.0 Å². The molecular formula is C17H26FN3O3. The summed E-state index contributed by atoms with van der Waals surface area (Å²) in [5.41, 5.74) is 0.775. The summed E-state index contributed by atoms with van der Waals surface area (Å²) in [5, 5.41) is 8.14. The van der Waals surface area contributed by atoms with Crippen molar-refractivity contribution in [3.63, 3.8) is 0 Å². The molecule has 1 aromatic carbocycles. The molecular weight excluding hydrogens is 313 g/mol. The Morgan fingerprint density at radius 2 is 1.88 bits per heavy atom. The van der Waals surface area contributed by atoms with E-state index in [-0.39, 0.29) is 24.3 Å². The van der Waals surface area contributed by atoms with Gasteiger partial charge in [0.15, 0.2) is 0 Å². The van der Waals surface area contributed by atoms with Crippen LogP contribution in [-0.4, -0.2) is 37.7 Å². The van der Waals surface area contributed by atoms with Gasteiger partial charge in [-0.3, -0.25) is 4.79 Å². The minimum atomic E-state index is -0.609. The van der Waals surface area contributed by atoms with Crippen molar-refractivity contribution in [2.45, 2.75) is 45.3 Å². The van der Waals surface area contributed by atoms with Gasteiger partial charge in [-0.05, 0) is 31.0 Å². The number of carbonyl (C=O) groups is 2. The van der Waals surface area contributed by atoms with Gasteiger partial charge in [-0.15, -0.1) is 0 Å². The largest absolute Gasteiger partial charge is 0.383 e. The van der Waals surface area contributed by atoms with Crippen LogP contribution in [0.4, 0.5) is 9.18 Å². The highest BCUT2D eigenvalue weighted by atomic mass is 19.1. The Kier molecular flexibility index (Phi) is 8.78. The van der Waals surface area contributed by atoms with Crippen LogP contribution in [0.3, 0.4) is 0 Å². The first-order chi connectivity index (χ1) is 11.5. The van der Waals surface area contributed by atoms with Crippen molar-refractivity contribution >= 4 is 11.9 Å². The zero-order valence-corrected chi connectivity index (χ0v) is 14.4. The molecule has 0 fully saturated rings. The number of benzene rings is 1. The molecule has 0 radical (unpaired) electrons. The number of rotatable bonds is 9. The predicted octanol–water partition coefficient (Wildman–Crippen LogP) is 1.94. The van der Waals surface area contributed by atoms with Crippen LogP contribution < -0.4 is 16.0 Å². The summed E-state index contributed by atoms with van der Waals surface area (Å²) in [4.78, 5) is 24.2. The highest BCUT2D eigenvalue weighted by molar-refractivity contribution is 5.87. The smallest absolute Gasteiger partial charge is 0.315 e. The molecule has 2 unspecified atom stereocenters. The zero-order chi connectivity index (χ0) is 17.9. The average Bonchev–Trinajstić information content (AvgIpc) is 2.54. The number of nitrogens with one attached hydrogen (secondary N) is 3. The molecule has 6 nitrogen and oxygen atoms in total. The lowest BCUT2D eigenvalue weighted by atomic mass is 10.1. The summed E-state index contributed by atoms with van der Waals surface area (Å²) in [7, 11) is 1.56. The Morgan fingerprint density at radius 3 is 2.46 bits per heavy atom. The summed E-state index contributed by atoms with van der Waals surface area (Å²) in [6.45, 7) is 4.43. The van der Waals surface area contributed by atoms with Crippen LogP contribution in [-0.2, 0) is 16.1 Å². The Morgan fingerprint density at radius 1 is 1.21 bits per heavy atom. The second-order valence-electron chi connectivity index (χ2n) is 5.66. The third-order valence-electron chi connectivity index (χ3n) is 3.37. The fourth-order valence-electron chi connectivity index (χ4n) is 2.19. The summed E-state index contributed by atoms with van der Waals surface area (Å²) < 4.78 is 17.8. The standard InChI is InChI=1S/C17H26FN3O3/c1-4-5-15(16(22)20-12(2)11-24-3)21-17(23)19-10-13-6-8-14(18)9-7-13/h6-9,12,15H,4-5,10-11H2,1-3H3,(H,20,22)(H2,19,21,23). The lowest BCUT2D eigenvalue weighted by Gasteiger charge is -2.21. The van der Waals surface area contributed by atoms with Gasteiger partial charge in [0.05, 0.1) is 6.61 Å². The molecule has 0 aromatic heterocycles. The predicted molar refractivity (Wildman–Crippen MR) is 89.9 cm³/mol. The van der Waals surface area contributed by atoms with E-state index in [1.54, 1.807) is 19.2 Å². The van der Waals surface area contributed by atoms with E-state index in [2.05, 4.69) is 16.0 Å². The monoisotopic (exact) mass is 339 g/mol. The fraction of sp³-hybridized carbons (Fsp3) is 0.529. The van der Waals surface area contributed by atoms with Crippen molar-refractivity contribution in [1.29, 1.82) is 0 Å². The molecule has 0 aliphatic carbocycles. The van der Waals surface area contributed by atoms with E-state index in [4.69, 9.17) is 4.74 Å². The molecule has 3 N–H and O–H groups in total. The van der Waals surface area contributed by atoms with Crippen LogP contribution in [0.2, 0.25) is 0 Å². The maximum atomic E-state index is 12.8. The van der Waals surface area contributed by atoms with Crippen molar-refractivity contribution in [2.75, 3.05) is 13.7 Å². The first-order valence-corrected chi connectivity index (χ1v) is 8.04. The molecule has 24 heavy (non-hydrogen) atoms. The molecule has 0 aliphatic rings. The average molecular weight is 339 g/mol. The maximum Gasteiger partial charge on any atom is 0.315 e. The van der Waals surface area contributed by atoms with E-state index >= 15 is 0 Å². The Labute approximate surface area is 142 Å². The SMILES string of the molecule is CCCC(NC(=O)NCc1ccc(F)cc1)C(=O)NC(C)COC. The third-order valence-corrected chi connectivity index (χ3v) is 3.37. The summed E-state index contributed by atoms with van der Waals surface area (Å²) in [6.07, 6.45) is 1.30. The van der Waals surface area contributed by atoms with E-state index in [1.165, 1.54) is 12.1 Å². The fourth-order valence-corrected chi connectivity index (χ4v) is 2.19. The number of hydrogen-bond acceptors (Lipinski definition) is 3. The van der Waals surface area contributed by atoms with Gasteiger partial charge in [0.2, 0.25) is 5.91 Å². The highest BCUT2D eigenvalue weighted by Gasteiger charge is 2.21. The van der Waals surface area contributed by atoms with Gasteiger partial charge in [0.1, 0.15) is 11.9 Å². The van der Waals surface area contributed by atoms with Crippen LogP contribution >= 0.6 is 0 Å². The van der Waals surface area contributed by atoms with Gasteiger partial charge in [-0.1, -0.05) is 25.5 Å². The molecule has 0 heterocycles. The second-order valence-corrected chi connectivity index (χ2v) is 5.66. The quantitative estimate of drug-likeness (QED) is 0.643. The molecule has 134 valence electrons. The number of amides is 3. The molecule has 7 heteroatoms. The minimum Gasteiger partial charge on any atom is -0.383 e. The second kappa shape index (κ2) is 10.6. The van der Waals surface area contributed by atoms with Crippen molar-refractivity contribution < 1.29 is 18.7 Å². The van der Waals surface area contributed by atoms with Crippen molar-refractivity contribution in [1.82, 2.24) is 16.0 Å². The Balaban J connectivity index is 2.49. The molecule has 0 spiro atoms. The van der Waals surface area contributed by atoms with Gasteiger partial charge >= 0.3 is 6.03 Å². The zero-order valence-electron chi connectivity index (χ0n) is 14.4. The number of methoxy groups -OCH3 is 1. The van der Waals surface area contributed by atoms with Gasteiger partial charge in [-0.2, -0.15) is 0 Å². The molecule has 0 aliphatic heterocycles. The van der Waals surface area contributed by atoms with Gasteiger partial charge in [0.25, 0.3) is 0 Å². The number of halogens is 1. The summed E-state index contributed by atoms with van der Waals surface area (Å²) in [5.74, 6) is -0.564. The number of carbonyl (C=O) groups excluding carboxylic acids is 2. The van der Waals surface area contributed by atoms with E-state index < -0.39 is 12.1 Å². The third kappa shape index (κ3) is 7.41. The van der Waals surface area contributed by atoms with E-state index in [1.807, 2.05) is 13.8 Å². The minimum absolute atomic E-state index is 0.133. The van der Waals surface area contributed by atoms with Crippen molar-refractivity contribution in [2.24, 2.45) is 0 Å². The lowest BCUT2D eigenvalue weighted by molar-refractivity contribution is -0.124. The van der Waals surface area contributed by atoms with Crippen LogP contribution in [0.25, 0.3) is 0 Å². The van der Waals surface area contributed by atoms with E-state index in [0.717, 1.165) is 12.0 Å².